The summed E-state index contributed by atoms with van der Waals surface area (Å²) in [6, 6.07) is 7.53. The van der Waals surface area contributed by atoms with Crippen LogP contribution in [0.15, 0.2) is 42.6 Å². The summed E-state index contributed by atoms with van der Waals surface area (Å²) in [5, 5.41) is 22.6. The Bertz CT molecular complexity index is 2220. The fourth-order valence-corrected chi connectivity index (χ4v) is 8.86. The number of hydrogen-bond acceptors (Lipinski definition) is 9. The second-order valence-corrected chi connectivity index (χ2v) is 17.2. The molecule has 1 fully saturated rings. The molecule has 1 aromatic carbocycles. The molecule has 5 heterocycles. The van der Waals surface area contributed by atoms with Gasteiger partial charge in [-0.05, 0) is 57.6 Å². The Morgan fingerprint density at radius 2 is 1.75 bits per heavy atom. The molecule has 322 valence electrons. The zero-order valence-electron chi connectivity index (χ0n) is 34.1. The van der Waals surface area contributed by atoms with Crippen molar-refractivity contribution in [2.24, 2.45) is 0 Å². The lowest BCUT2D eigenvalue weighted by molar-refractivity contribution is -0.135. The van der Waals surface area contributed by atoms with Crippen molar-refractivity contribution >= 4 is 80.0 Å². The number of carbonyl (C=O) groups excluding carboxylic acids is 5. The minimum Gasteiger partial charge on any atom is -0.387 e. The molecule has 0 aliphatic carbocycles. The lowest BCUT2D eigenvalue weighted by atomic mass is 9.99. The highest BCUT2D eigenvalue weighted by Crippen LogP contribution is 2.42. The van der Waals surface area contributed by atoms with Gasteiger partial charge < -0.3 is 40.3 Å². The van der Waals surface area contributed by atoms with Crippen LogP contribution in [0.25, 0.3) is 22.2 Å². The van der Waals surface area contributed by atoms with Crippen LogP contribution in [0.3, 0.4) is 0 Å². The van der Waals surface area contributed by atoms with E-state index < -0.39 is 6.61 Å². The van der Waals surface area contributed by atoms with Crippen LogP contribution < -0.4 is 15.5 Å². The molecule has 3 aromatic heterocycles. The van der Waals surface area contributed by atoms with E-state index in [-0.39, 0.29) is 36.1 Å². The number of H-pyrrole nitrogens is 1. The summed E-state index contributed by atoms with van der Waals surface area (Å²) in [7, 11) is 3.85. The van der Waals surface area contributed by atoms with E-state index in [0.717, 1.165) is 57.8 Å². The fraction of sp³-hybridized carbons (Fsp3) is 0.476. The average molecular weight is 883 g/mol. The maximum absolute atomic E-state index is 12.8. The quantitative estimate of drug-likeness (QED) is 0.0793. The molecule has 0 saturated carbocycles. The number of aliphatic hydroxyl groups is 1. The number of amides is 5. The van der Waals surface area contributed by atoms with Crippen molar-refractivity contribution in [1.82, 2.24) is 40.1 Å². The Balaban J connectivity index is 0.840. The molecule has 15 nitrogen and oxygen atoms in total. The van der Waals surface area contributed by atoms with Crippen LogP contribution in [-0.4, -0.2) is 131 Å². The van der Waals surface area contributed by atoms with Gasteiger partial charge in [0.2, 0.25) is 29.5 Å². The molecule has 6 rings (SSSR count). The van der Waals surface area contributed by atoms with Crippen molar-refractivity contribution in [1.29, 1.82) is 0 Å². The Morgan fingerprint density at radius 3 is 2.53 bits per heavy atom. The Kier molecular flexibility index (Phi) is 15.8. The van der Waals surface area contributed by atoms with E-state index in [1.54, 1.807) is 31.5 Å². The van der Waals surface area contributed by atoms with Crippen molar-refractivity contribution in [2.75, 3.05) is 71.4 Å². The number of piperazine rings is 1. The second-order valence-electron chi connectivity index (χ2n) is 15.3. The number of unbranched alkanes of at least 4 members (excludes halogenated alkanes) is 3. The number of nitrogens with one attached hydrogen (secondary N) is 3. The molecule has 4 N–H and O–H groups in total. The number of nitrogens with zero attached hydrogens (tertiary/aromatic N) is 6. The number of likely N-dealkylation sites (N-methyl/N-ethyl adjacent to an activating group) is 1. The summed E-state index contributed by atoms with van der Waals surface area (Å²) in [5.41, 5.74) is 4.07. The predicted molar refractivity (Wildman–Crippen MR) is 234 cm³/mol. The van der Waals surface area contributed by atoms with E-state index >= 15 is 0 Å². The largest absolute Gasteiger partial charge is 0.387 e. The van der Waals surface area contributed by atoms with E-state index in [0.29, 0.717) is 99.3 Å². The Morgan fingerprint density at radius 1 is 0.967 bits per heavy atom. The fourth-order valence-electron chi connectivity index (χ4n) is 7.41. The summed E-state index contributed by atoms with van der Waals surface area (Å²) in [6.45, 7) is 3.38. The third-order valence-corrected chi connectivity index (χ3v) is 12.6. The SMILES string of the molecule is CN(C)C/C=C/C(=O)N1CCN(c2ccc(CCC(=O)NCCCCCCC(=O)NCCn3ccc(-c4cc(Cl)c(Cl)c5[nH]c6c(c45)CN(C(=O)CO)CC6)n3)s2)C(=O)C1. The first-order valence-electron chi connectivity index (χ1n) is 20.4. The smallest absolute Gasteiger partial charge is 0.248 e. The summed E-state index contributed by atoms with van der Waals surface area (Å²) < 4.78 is 1.76. The molecular formula is C42H53Cl2N9O6S. The number of aromatic amines is 1. The van der Waals surface area contributed by atoms with Crippen LogP contribution >= 0.6 is 34.5 Å². The summed E-state index contributed by atoms with van der Waals surface area (Å²) in [4.78, 5) is 73.9. The number of hydrogen-bond donors (Lipinski definition) is 4. The molecule has 60 heavy (non-hydrogen) atoms. The molecule has 2 aliphatic heterocycles. The normalized spacial score (nSPS) is 14.4. The zero-order valence-corrected chi connectivity index (χ0v) is 36.4. The first-order valence-corrected chi connectivity index (χ1v) is 22.0. The van der Waals surface area contributed by atoms with Crippen molar-refractivity contribution < 1.29 is 29.1 Å². The summed E-state index contributed by atoms with van der Waals surface area (Å²) >= 11 is 14.6. The minimum absolute atomic E-state index is 0.0175. The minimum atomic E-state index is -0.546. The molecule has 0 unspecified atom stereocenters. The summed E-state index contributed by atoms with van der Waals surface area (Å²) in [5.74, 6) is -0.638. The van der Waals surface area contributed by atoms with Crippen molar-refractivity contribution in [3.05, 3.63) is 68.8 Å². The maximum Gasteiger partial charge on any atom is 0.248 e. The third-order valence-electron chi connectivity index (χ3n) is 10.6. The standard InChI is InChI=1S/C42H53Cl2N9O6S/c1-49(2)18-7-9-36(57)51-22-23-53(37(58)26-51)39-13-11-28(60-39)10-12-35(56)45-16-6-4-3-5-8-34(55)46-17-21-52-20-15-33(48-52)29-24-31(43)41(44)42-40(29)30-25-50(38(59)27-54)19-14-32(30)47-42/h7,9,11,13,15,20,24,47,54H,3-6,8,10,12,14,16-19,21-23,25-27H2,1-2H3,(H,45,56)(H,46,55)/b9-7+. The van der Waals surface area contributed by atoms with Gasteiger partial charge >= 0.3 is 0 Å². The van der Waals surface area contributed by atoms with Gasteiger partial charge in [0.15, 0.2) is 0 Å². The first kappa shape index (κ1) is 44.8. The molecule has 0 spiro atoms. The lowest BCUT2D eigenvalue weighted by Gasteiger charge is -2.33. The number of anilines is 1. The molecule has 0 bridgehead atoms. The zero-order chi connectivity index (χ0) is 42.8. The van der Waals surface area contributed by atoms with Gasteiger partial charge in [0.25, 0.3) is 0 Å². The number of carbonyl (C=O) groups is 5. The van der Waals surface area contributed by atoms with Gasteiger partial charge in [-0.1, -0.05) is 42.1 Å². The van der Waals surface area contributed by atoms with Crippen LogP contribution in [0.2, 0.25) is 10.0 Å². The number of aryl methyl sites for hydroxylation is 1. The van der Waals surface area contributed by atoms with Crippen LogP contribution in [0.1, 0.15) is 54.7 Å². The van der Waals surface area contributed by atoms with Gasteiger partial charge in [-0.25, -0.2) is 0 Å². The number of halogens is 2. The van der Waals surface area contributed by atoms with Gasteiger partial charge in [-0.15, -0.1) is 11.3 Å². The van der Waals surface area contributed by atoms with Gasteiger partial charge in [-0.2, -0.15) is 5.10 Å². The predicted octanol–water partition coefficient (Wildman–Crippen LogP) is 4.39. The number of aromatic nitrogens is 3. The third kappa shape index (κ3) is 11.5. The molecular weight excluding hydrogens is 829 g/mol. The lowest BCUT2D eigenvalue weighted by Crippen LogP contribution is -2.51. The van der Waals surface area contributed by atoms with E-state index in [1.165, 1.54) is 17.4 Å². The van der Waals surface area contributed by atoms with Gasteiger partial charge in [-0.3, -0.25) is 28.7 Å². The Labute approximate surface area is 363 Å². The van der Waals surface area contributed by atoms with Crippen LogP contribution in [-0.2, 0) is 49.9 Å². The highest BCUT2D eigenvalue weighted by molar-refractivity contribution is 7.16. The highest BCUT2D eigenvalue weighted by Gasteiger charge is 2.29. The van der Waals surface area contributed by atoms with Crippen LogP contribution in [0, 0.1) is 0 Å². The number of aliphatic hydroxyl groups excluding tert-OH is 1. The molecule has 0 atom stereocenters. The molecule has 2 aliphatic rings. The van der Waals surface area contributed by atoms with Gasteiger partial charge in [0.05, 0.1) is 32.8 Å². The van der Waals surface area contributed by atoms with E-state index in [9.17, 15) is 29.1 Å². The van der Waals surface area contributed by atoms with Gasteiger partial charge in [0, 0.05) is 104 Å². The number of rotatable bonds is 19. The highest BCUT2D eigenvalue weighted by atomic mass is 35.5. The first-order chi connectivity index (χ1) is 28.9. The van der Waals surface area contributed by atoms with E-state index in [4.69, 9.17) is 28.3 Å². The molecule has 0 radical (unpaired) electrons. The van der Waals surface area contributed by atoms with Crippen LogP contribution in [0.4, 0.5) is 5.00 Å². The molecule has 5 amide bonds. The van der Waals surface area contributed by atoms with E-state index in [1.807, 2.05) is 43.4 Å². The number of thiophene rings is 1. The molecule has 4 aromatic rings. The van der Waals surface area contributed by atoms with E-state index in [2.05, 4.69) is 15.6 Å². The number of fused-ring (bicyclic) bond motifs is 3. The van der Waals surface area contributed by atoms with Crippen LogP contribution in [0.5, 0.6) is 0 Å². The van der Waals surface area contributed by atoms with Gasteiger partial charge in [0.1, 0.15) is 13.2 Å². The molecule has 18 heteroatoms. The maximum atomic E-state index is 12.8. The average Bonchev–Trinajstić information content (AvgIpc) is 4.00. The van der Waals surface area contributed by atoms with Crippen molar-refractivity contribution in [3.8, 4) is 11.3 Å². The monoisotopic (exact) mass is 881 g/mol. The van der Waals surface area contributed by atoms with Crippen molar-refractivity contribution in [3.63, 3.8) is 0 Å². The molecule has 1 saturated heterocycles. The topological polar surface area (TPSA) is 176 Å². The summed E-state index contributed by atoms with van der Waals surface area (Å²) in [6.07, 6.45) is 10.5. The number of benzene rings is 1. The Hall–Kier alpha value is -4.74. The van der Waals surface area contributed by atoms with Crippen molar-refractivity contribution in [2.45, 2.75) is 64.5 Å². The second kappa shape index (κ2) is 21.2.